The summed E-state index contributed by atoms with van der Waals surface area (Å²) in [5, 5.41) is 12.5. The minimum absolute atomic E-state index is 0.224. The van der Waals surface area contributed by atoms with Gasteiger partial charge in [0.25, 0.3) is 0 Å². The van der Waals surface area contributed by atoms with Gasteiger partial charge in [-0.05, 0) is 18.1 Å². The number of hydrogen-bond donors (Lipinski definition) is 2. The number of methoxy groups -OCH3 is 1. The number of carbonyl (C=O) groups is 2. The van der Waals surface area contributed by atoms with Gasteiger partial charge in [0.05, 0.1) is 7.11 Å². The van der Waals surface area contributed by atoms with E-state index < -0.39 is 18.1 Å². The lowest BCUT2D eigenvalue weighted by atomic mass is 10.1. The Balaban J connectivity index is 1.40. The van der Waals surface area contributed by atoms with E-state index in [0.29, 0.717) is 39.1 Å². The van der Waals surface area contributed by atoms with E-state index in [4.69, 9.17) is 9.47 Å². The van der Waals surface area contributed by atoms with E-state index in [-0.39, 0.29) is 6.61 Å². The first-order chi connectivity index (χ1) is 15.6. The summed E-state index contributed by atoms with van der Waals surface area (Å²) in [5.74, 6) is -0.0167. The Morgan fingerprint density at radius 1 is 1.09 bits per heavy atom. The smallest absolute Gasteiger partial charge is 0.407 e. The molecule has 3 rings (SSSR count). The lowest BCUT2D eigenvalue weighted by molar-refractivity contribution is -0.146. The number of benzene rings is 2. The molecule has 1 saturated heterocycles. The molecule has 1 amide bonds. The Kier molecular flexibility index (Phi) is 8.89. The third-order valence-electron chi connectivity index (χ3n) is 5.55. The fourth-order valence-corrected chi connectivity index (χ4v) is 3.84. The molecule has 1 aliphatic rings. The van der Waals surface area contributed by atoms with E-state index in [1.54, 1.807) is 7.11 Å². The molecule has 8 nitrogen and oxygen atoms in total. The monoisotopic (exact) mass is 441 g/mol. The molecular formula is C24H31N3O5. The normalized spacial score (nSPS) is 17.0. The van der Waals surface area contributed by atoms with Gasteiger partial charge in [0, 0.05) is 44.8 Å². The number of aliphatic carboxylic acids is 1. The fraction of sp³-hybridized carbons (Fsp3) is 0.417. The summed E-state index contributed by atoms with van der Waals surface area (Å²) >= 11 is 0. The zero-order valence-corrected chi connectivity index (χ0v) is 18.4. The summed E-state index contributed by atoms with van der Waals surface area (Å²) in [5.41, 5.74) is 1.98. The number of para-hydroxylation sites is 1. The number of hydrogen-bond acceptors (Lipinski definition) is 6. The molecule has 2 N–H and O–H groups in total. The second kappa shape index (κ2) is 12.1. The van der Waals surface area contributed by atoms with Crippen LogP contribution in [0.3, 0.4) is 0 Å². The second-order valence-corrected chi connectivity index (χ2v) is 7.78. The molecule has 1 fully saturated rings. The van der Waals surface area contributed by atoms with E-state index >= 15 is 0 Å². The van der Waals surface area contributed by atoms with Gasteiger partial charge >= 0.3 is 12.1 Å². The van der Waals surface area contributed by atoms with Gasteiger partial charge in [-0.25, -0.2) is 4.79 Å². The van der Waals surface area contributed by atoms with Gasteiger partial charge in [0.1, 0.15) is 18.4 Å². The van der Waals surface area contributed by atoms with Crippen LogP contribution >= 0.6 is 0 Å². The third kappa shape index (κ3) is 6.96. The first-order valence-corrected chi connectivity index (χ1v) is 10.8. The highest BCUT2D eigenvalue weighted by Gasteiger charge is 2.32. The predicted molar refractivity (Wildman–Crippen MR) is 121 cm³/mol. The standard InChI is InChI=1S/C24H31N3O5/c1-31-22-11-6-5-10-20(22)16-26-14-15-27(21(17-26)23(28)29)13-7-12-25-24(30)32-18-19-8-3-2-4-9-19/h2-6,8-11,21H,7,12-18H2,1H3,(H,25,30)(H,28,29). The predicted octanol–water partition coefficient (Wildman–Crippen LogP) is 2.58. The number of carbonyl (C=O) groups excluding carboxylic acids is 1. The molecule has 1 unspecified atom stereocenters. The van der Waals surface area contributed by atoms with Gasteiger partial charge in [0.15, 0.2) is 0 Å². The van der Waals surface area contributed by atoms with Crippen molar-refractivity contribution in [3.05, 3.63) is 65.7 Å². The SMILES string of the molecule is COc1ccccc1CN1CCN(CCCNC(=O)OCc2ccccc2)C(C(=O)O)C1. The summed E-state index contributed by atoms with van der Waals surface area (Å²) in [6.07, 6.45) is 0.182. The number of ether oxygens (including phenoxy) is 2. The van der Waals surface area contributed by atoms with Crippen LogP contribution < -0.4 is 10.1 Å². The summed E-state index contributed by atoms with van der Waals surface area (Å²) in [6, 6.07) is 16.7. The summed E-state index contributed by atoms with van der Waals surface area (Å²) in [4.78, 5) is 27.8. The molecule has 0 bridgehead atoms. The Hall–Kier alpha value is -3.10. The molecule has 0 aliphatic carbocycles. The number of carboxylic acid groups (broad SMARTS) is 1. The molecule has 32 heavy (non-hydrogen) atoms. The van der Waals surface area contributed by atoms with E-state index in [0.717, 1.165) is 23.4 Å². The van der Waals surface area contributed by atoms with Crippen molar-refractivity contribution in [2.24, 2.45) is 0 Å². The van der Waals surface area contributed by atoms with Crippen molar-refractivity contribution >= 4 is 12.1 Å². The molecule has 1 heterocycles. The molecule has 0 radical (unpaired) electrons. The van der Waals surface area contributed by atoms with E-state index in [1.807, 2.05) is 59.5 Å². The van der Waals surface area contributed by atoms with Crippen LogP contribution in [0.15, 0.2) is 54.6 Å². The Labute approximate surface area is 188 Å². The van der Waals surface area contributed by atoms with Gasteiger partial charge in [-0.3, -0.25) is 14.6 Å². The van der Waals surface area contributed by atoms with Crippen LogP contribution in [0.2, 0.25) is 0 Å². The van der Waals surface area contributed by atoms with Gasteiger partial charge in [-0.2, -0.15) is 0 Å². The lowest BCUT2D eigenvalue weighted by Crippen LogP contribution is -2.56. The highest BCUT2D eigenvalue weighted by molar-refractivity contribution is 5.74. The van der Waals surface area contributed by atoms with Crippen LogP contribution in [0, 0.1) is 0 Å². The molecule has 2 aromatic rings. The van der Waals surface area contributed by atoms with Crippen LogP contribution in [0.25, 0.3) is 0 Å². The Morgan fingerprint density at radius 3 is 2.59 bits per heavy atom. The molecule has 0 aromatic heterocycles. The van der Waals surface area contributed by atoms with E-state index in [1.165, 1.54) is 0 Å². The number of amides is 1. The first-order valence-electron chi connectivity index (χ1n) is 10.8. The second-order valence-electron chi connectivity index (χ2n) is 7.78. The summed E-state index contributed by atoms with van der Waals surface area (Å²) in [6.45, 7) is 3.77. The van der Waals surface area contributed by atoms with Crippen molar-refractivity contribution in [1.29, 1.82) is 0 Å². The maximum Gasteiger partial charge on any atom is 0.407 e. The Morgan fingerprint density at radius 2 is 1.84 bits per heavy atom. The largest absolute Gasteiger partial charge is 0.496 e. The van der Waals surface area contributed by atoms with Crippen molar-refractivity contribution in [3.63, 3.8) is 0 Å². The van der Waals surface area contributed by atoms with Crippen molar-refractivity contribution in [3.8, 4) is 5.75 Å². The minimum Gasteiger partial charge on any atom is -0.496 e. The topological polar surface area (TPSA) is 91.3 Å². The molecule has 1 atom stereocenters. The third-order valence-corrected chi connectivity index (χ3v) is 5.55. The minimum atomic E-state index is -0.829. The van der Waals surface area contributed by atoms with Crippen molar-refractivity contribution in [1.82, 2.24) is 15.1 Å². The average molecular weight is 442 g/mol. The molecule has 8 heteroatoms. The number of alkyl carbamates (subject to hydrolysis) is 1. The molecule has 1 aliphatic heterocycles. The number of piperazine rings is 1. The van der Waals surface area contributed by atoms with Crippen LogP contribution in [-0.4, -0.2) is 72.8 Å². The zero-order chi connectivity index (χ0) is 22.8. The zero-order valence-electron chi connectivity index (χ0n) is 18.4. The lowest BCUT2D eigenvalue weighted by Gasteiger charge is -2.39. The van der Waals surface area contributed by atoms with Crippen LogP contribution in [0.4, 0.5) is 4.79 Å². The van der Waals surface area contributed by atoms with Crippen LogP contribution in [-0.2, 0) is 22.7 Å². The van der Waals surface area contributed by atoms with Gasteiger partial charge in [-0.15, -0.1) is 0 Å². The molecular weight excluding hydrogens is 410 g/mol. The average Bonchev–Trinajstić information content (AvgIpc) is 2.82. The number of rotatable bonds is 10. The van der Waals surface area contributed by atoms with Crippen molar-refractivity contribution in [2.45, 2.75) is 25.6 Å². The van der Waals surface area contributed by atoms with Gasteiger partial charge in [0.2, 0.25) is 0 Å². The van der Waals surface area contributed by atoms with Crippen LogP contribution in [0.1, 0.15) is 17.5 Å². The number of nitrogens with one attached hydrogen (secondary N) is 1. The quantitative estimate of drug-likeness (QED) is 0.548. The first kappa shape index (κ1) is 23.6. The van der Waals surface area contributed by atoms with Crippen molar-refractivity contribution < 1.29 is 24.2 Å². The molecule has 0 spiro atoms. The van der Waals surface area contributed by atoms with Crippen LogP contribution in [0.5, 0.6) is 5.75 Å². The highest BCUT2D eigenvalue weighted by Crippen LogP contribution is 2.21. The fourth-order valence-electron chi connectivity index (χ4n) is 3.84. The van der Waals surface area contributed by atoms with Gasteiger partial charge < -0.3 is 19.9 Å². The number of nitrogens with zero attached hydrogens (tertiary/aromatic N) is 2. The van der Waals surface area contributed by atoms with Gasteiger partial charge in [-0.1, -0.05) is 48.5 Å². The maximum atomic E-state index is 11.9. The molecule has 172 valence electrons. The van der Waals surface area contributed by atoms with E-state index in [2.05, 4.69) is 10.2 Å². The number of carboxylic acids is 1. The molecule has 0 saturated carbocycles. The van der Waals surface area contributed by atoms with Crippen molar-refractivity contribution in [2.75, 3.05) is 39.8 Å². The molecule has 2 aromatic carbocycles. The Bertz CT molecular complexity index is 877. The maximum absolute atomic E-state index is 11.9. The highest BCUT2D eigenvalue weighted by atomic mass is 16.5. The summed E-state index contributed by atoms with van der Waals surface area (Å²) in [7, 11) is 1.64. The summed E-state index contributed by atoms with van der Waals surface area (Å²) < 4.78 is 10.6. The van der Waals surface area contributed by atoms with E-state index in [9.17, 15) is 14.7 Å².